The molecule has 25 heavy (non-hydrogen) atoms. The minimum absolute atomic E-state index is 0.300. The Bertz CT molecular complexity index is 645. The van der Waals surface area contributed by atoms with Crippen LogP contribution in [0.2, 0.25) is 0 Å². The summed E-state index contributed by atoms with van der Waals surface area (Å²) in [5, 5.41) is 10.1. The Morgan fingerprint density at radius 2 is 1.48 bits per heavy atom. The van der Waals surface area contributed by atoms with E-state index in [0.29, 0.717) is 19.8 Å². The van der Waals surface area contributed by atoms with Crippen LogP contribution in [-0.2, 0) is 0 Å². The third-order valence-electron chi connectivity index (χ3n) is 4.08. The molecule has 0 aliphatic heterocycles. The van der Waals surface area contributed by atoms with E-state index < -0.39 is 6.10 Å². The first-order valence-electron chi connectivity index (χ1n) is 8.79. The fraction of sp³-hybridized carbons (Fsp3) is 0.429. The van der Waals surface area contributed by atoms with E-state index in [0.717, 1.165) is 35.6 Å². The lowest BCUT2D eigenvalue weighted by Crippen LogP contribution is -2.34. The maximum atomic E-state index is 10.1. The molecular formula is C21H29NO3. The highest BCUT2D eigenvalue weighted by Gasteiger charge is 2.10. The number of aliphatic hydroxyl groups is 1. The van der Waals surface area contributed by atoms with Gasteiger partial charge in [0.25, 0.3) is 0 Å². The standard InChI is InChI=1S/C21H29NO3/c1-17-9-4-6-11-20(17)24-14-8-13-22(3)15-19(23)16-25-21-12-7-5-10-18(21)2/h4-7,9-12,19,23H,8,13-16H2,1-3H3/t19-/m0/s1. The van der Waals surface area contributed by atoms with Crippen molar-refractivity contribution in [2.24, 2.45) is 0 Å². The van der Waals surface area contributed by atoms with Crippen LogP contribution < -0.4 is 9.47 Å². The summed E-state index contributed by atoms with van der Waals surface area (Å²) in [4.78, 5) is 2.10. The second-order valence-corrected chi connectivity index (χ2v) is 6.46. The molecule has 0 saturated heterocycles. The molecule has 2 aromatic carbocycles. The van der Waals surface area contributed by atoms with Crippen molar-refractivity contribution < 1.29 is 14.6 Å². The average molecular weight is 343 g/mol. The second-order valence-electron chi connectivity index (χ2n) is 6.46. The van der Waals surface area contributed by atoms with Crippen LogP contribution in [0.15, 0.2) is 48.5 Å². The van der Waals surface area contributed by atoms with Crippen molar-refractivity contribution >= 4 is 0 Å². The zero-order valence-electron chi connectivity index (χ0n) is 15.4. The van der Waals surface area contributed by atoms with Crippen LogP contribution >= 0.6 is 0 Å². The summed E-state index contributed by atoms with van der Waals surface area (Å²) < 4.78 is 11.5. The Morgan fingerprint density at radius 1 is 0.920 bits per heavy atom. The summed E-state index contributed by atoms with van der Waals surface area (Å²) in [7, 11) is 2.00. The van der Waals surface area contributed by atoms with Gasteiger partial charge in [-0.15, -0.1) is 0 Å². The summed E-state index contributed by atoms with van der Waals surface area (Å²) >= 11 is 0. The number of hydrogen-bond acceptors (Lipinski definition) is 4. The molecule has 0 heterocycles. The van der Waals surface area contributed by atoms with Gasteiger partial charge in [0.1, 0.15) is 24.2 Å². The maximum Gasteiger partial charge on any atom is 0.122 e. The number of rotatable bonds is 10. The molecule has 0 aliphatic rings. The van der Waals surface area contributed by atoms with Crippen molar-refractivity contribution in [1.82, 2.24) is 4.90 Å². The largest absolute Gasteiger partial charge is 0.493 e. The van der Waals surface area contributed by atoms with Gasteiger partial charge in [0.05, 0.1) is 6.61 Å². The predicted octanol–water partition coefficient (Wildman–Crippen LogP) is 3.44. The Balaban J connectivity index is 1.62. The highest BCUT2D eigenvalue weighted by Crippen LogP contribution is 2.17. The summed E-state index contributed by atoms with van der Waals surface area (Å²) in [6.45, 7) is 6.47. The number of nitrogens with zero attached hydrogens (tertiary/aromatic N) is 1. The topological polar surface area (TPSA) is 41.9 Å². The normalized spacial score (nSPS) is 12.2. The number of aryl methyl sites for hydroxylation is 2. The third-order valence-corrected chi connectivity index (χ3v) is 4.08. The van der Waals surface area contributed by atoms with E-state index >= 15 is 0 Å². The lowest BCUT2D eigenvalue weighted by atomic mass is 10.2. The number of para-hydroxylation sites is 2. The summed E-state index contributed by atoms with van der Waals surface area (Å²) in [5.74, 6) is 1.77. The Morgan fingerprint density at radius 3 is 2.08 bits per heavy atom. The van der Waals surface area contributed by atoms with Crippen LogP contribution in [0.1, 0.15) is 17.5 Å². The molecule has 136 valence electrons. The summed E-state index contributed by atoms with van der Waals surface area (Å²) in [6.07, 6.45) is 0.401. The van der Waals surface area contributed by atoms with Gasteiger partial charge in [0.15, 0.2) is 0 Å². The van der Waals surface area contributed by atoms with Crippen molar-refractivity contribution in [1.29, 1.82) is 0 Å². The van der Waals surface area contributed by atoms with Crippen LogP contribution in [0.3, 0.4) is 0 Å². The molecular weight excluding hydrogens is 314 g/mol. The quantitative estimate of drug-likeness (QED) is 0.671. The van der Waals surface area contributed by atoms with Crippen molar-refractivity contribution in [2.75, 3.05) is 33.4 Å². The Hall–Kier alpha value is -2.04. The predicted molar refractivity (Wildman–Crippen MR) is 101 cm³/mol. The fourth-order valence-corrected chi connectivity index (χ4v) is 2.64. The van der Waals surface area contributed by atoms with E-state index in [2.05, 4.69) is 4.90 Å². The van der Waals surface area contributed by atoms with Crippen LogP contribution in [0, 0.1) is 13.8 Å². The van der Waals surface area contributed by atoms with Crippen LogP contribution in [-0.4, -0.2) is 49.5 Å². The first-order valence-corrected chi connectivity index (χ1v) is 8.79. The Labute approximate surface area is 151 Å². The molecule has 0 saturated carbocycles. The lowest BCUT2D eigenvalue weighted by molar-refractivity contribution is 0.0746. The minimum Gasteiger partial charge on any atom is -0.493 e. The van der Waals surface area contributed by atoms with E-state index in [-0.39, 0.29) is 0 Å². The molecule has 2 rings (SSSR count). The fourth-order valence-electron chi connectivity index (χ4n) is 2.64. The monoisotopic (exact) mass is 343 g/mol. The molecule has 2 aromatic rings. The average Bonchev–Trinajstić information content (AvgIpc) is 2.59. The molecule has 0 aliphatic carbocycles. The van der Waals surface area contributed by atoms with Gasteiger partial charge < -0.3 is 19.5 Å². The lowest BCUT2D eigenvalue weighted by Gasteiger charge is -2.21. The van der Waals surface area contributed by atoms with Crippen molar-refractivity contribution in [2.45, 2.75) is 26.4 Å². The molecule has 0 amide bonds. The van der Waals surface area contributed by atoms with Crippen LogP contribution in [0.4, 0.5) is 0 Å². The van der Waals surface area contributed by atoms with E-state index in [1.807, 2.05) is 69.4 Å². The molecule has 4 heteroatoms. The molecule has 0 unspecified atom stereocenters. The molecule has 0 fully saturated rings. The van der Waals surface area contributed by atoms with Gasteiger partial charge in [-0.3, -0.25) is 0 Å². The highest BCUT2D eigenvalue weighted by atomic mass is 16.5. The zero-order chi connectivity index (χ0) is 18.1. The van der Waals surface area contributed by atoms with Gasteiger partial charge in [-0.1, -0.05) is 36.4 Å². The number of likely N-dealkylation sites (N-methyl/N-ethyl adjacent to an activating group) is 1. The number of ether oxygens (including phenoxy) is 2. The molecule has 0 aromatic heterocycles. The molecule has 0 bridgehead atoms. The first kappa shape index (κ1) is 19.3. The van der Waals surface area contributed by atoms with Crippen LogP contribution in [0.5, 0.6) is 11.5 Å². The van der Waals surface area contributed by atoms with E-state index in [1.165, 1.54) is 0 Å². The molecule has 4 nitrogen and oxygen atoms in total. The third kappa shape index (κ3) is 6.77. The smallest absolute Gasteiger partial charge is 0.122 e. The van der Waals surface area contributed by atoms with E-state index in [4.69, 9.17) is 9.47 Å². The Kier molecular flexibility index (Phi) is 7.76. The zero-order valence-corrected chi connectivity index (χ0v) is 15.4. The van der Waals surface area contributed by atoms with Gasteiger partial charge in [0, 0.05) is 13.1 Å². The number of benzene rings is 2. The second kappa shape index (κ2) is 10.1. The van der Waals surface area contributed by atoms with Crippen molar-refractivity contribution in [3.63, 3.8) is 0 Å². The highest BCUT2D eigenvalue weighted by molar-refractivity contribution is 5.32. The summed E-state index contributed by atoms with van der Waals surface area (Å²) in [6, 6.07) is 15.9. The number of aliphatic hydroxyl groups excluding tert-OH is 1. The molecule has 1 atom stereocenters. The summed E-state index contributed by atoms with van der Waals surface area (Å²) in [5.41, 5.74) is 2.23. The molecule has 0 radical (unpaired) electrons. The van der Waals surface area contributed by atoms with Crippen molar-refractivity contribution in [3.05, 3.63) is 59.7 Å². The van der Waals surface area contributed by atoms with Gasteiger partial charge in [-0.2, -0.15) is 0 Å². The van der Waals surface area contributed by atoms with Crippen LogP contribution in [0.25, 0.3) is 0 Å². The molecule has 1 N–H and O–H groups in total. The van der Waals surface area contributed by atoms with Gasteiger partial charge in [-0.25, -0.2) is 0 Å². The van der Waals surface area contributed by atoms with Gasteiger partial charge in [-0.05, 0) is 50.6 Å². The maximum absolute atomic E-state index is 10.1. The van der Waals surface area contributed by atoms with Gasteiger partial charge >= 0.3 is 0 Å². The first-order chi connectivity index (χ1) is 12.1. The minimum atomic E-state index is -0.512. The SMILES string of the molecule is Cc1ccccc1OCCCN(C)C[C@H](O)COc1ccccc1C. The van der Waals surface area contributed by atoms with E-state index in [1.54, 1.807) is 0 Å². The van der Waals surface area contributed by atoms with Gasteiger partial charge in [0.2, 0.25) is 0 Å². The molecule has 0 spiro atoms. The number of hydrogen-bond donors (Lipinski definition) is 1. The van der Waals surface area contributed by atoms with Crippen molar-refractivity contribution in [3.8, 4) is 11.5 Å². The van der Waals surface area contributed by atoms with E-state index in [9.17, 15) is 5.11 Å².